The van der Waals surface area contributed by atoms with Gasteiger partial charge in [-0.1, -0.05) is 0 Å². The molecule has 1 aliphatic carbocycles. The highest BCUT2D eigenvalue weighted by Crippen LogP contribution is 2.19. The van der Waals surface area contributed by atoms with E-state index in [-0.39, 0.29) is 6.03 Å². The molecule has 0 aromatic heterocycles. The zero-order valence-corrected chi connectivity index (χ0v) is 12.3. The summed E-state index contributed by atoms with van der Waals surface area (Å²) >= 11 is 0. The second kappa shape index (κ2) is 6.76. The van der Waals surface area contributed by atoms with Gasteiger partial charge in [0.05, 0.1) is 6.61 Å². The summed E-state index contributed by atoms with van der Waals surface area (Å²) in [6.07, 6.45) is 6.91. The van der Waals surface area contributed by atoms with E-state index in [2.05, 4.69) is 15.5 Å². The van der Waals surface area contributed by atoms with Gasteiger partial charge in [0.15, 0.2) is 0 Å². The van der Waals surface area contributed by atoms with E-state index >= 15 is 0 Å². The van der Waals surface area contributed by atoms with Crippen LogP contribution in [0.25, 0.3) is 0 Å². The first kappa shape index (κ1) is 14.1. The van der Waals surface area contributed by atoms with Crippen molar-refractivity contribution in [1.82, 2.24) is 15.5 Å². The number of piperidine rings is 1. The standard InChI is InChI=1S/C15H27N3O2/c19-15(16-13-2-1-3-13)17-14-4-7-18(8-5-14)10-12-6-9-20-11-12/h12-14H,1-11H2,(H2,16,17,19). The Bertz CT molecular complexity index is 319. The molecular weight excluding hydrogens is 254 g/mol. The highest BCUT2D eigenvalue weighted by Gasteiger charge is 2.25. The Labute approximate surface area is 121 Å². The van der Waals surface area contributed by atoms with Crippen molar-refractivity contribution in [2.24, 2.45) is 5.92 Å². The third-order valence-electron chi connectivity index (χ3n) is 4.90. The second-order valence-electron chi connectivity index (χ2n) is 6.55. The molecule has 0 aromatic carbocycles. The van der Waals surface area contributed by atoms with Gasteiger partial charge in [-0.05, 0) is 44.4 Å². The summed E-state index contributed by atoms with van der Waals surface area (Å²) in [4.78, 5) is 14.4. The van der Waals surface area contributed by atoms with Crippen LogP contribution in [-0.2, 0) is 4.74 Å². The molecule has 5 nitrogen and oxygen atoms in total. The molecule has 5 heteroatoms. The number of amides is 2. The fraction of sp³-hybridized carbons (Fsp3) is 0.933. The molecule has 2 saturated heterocycles. The van der Waals surface area contributed by atoms with Gasteiger partial charge in [0.25, 0.3) is 0 Å². The average molecular weight is 281 g/mol. The van der Waals surface area contributed by atoms with E-state index < -0.39 is 0 Å². The van der Waals surface area contributed by atoms with Crippen LogP contribution in [0.4, 0.5) is 4.79 Å². The molecular formula is C15H27N3O2. The lowest BCUT2D eigenvalue weighted by molar-refractivity contribution is 0.147. The molecule has 2 amide bonds. The molecule has 3 fully saturated rings. The molecule has 0 spiro atoms. The van der Waals surface area contributed by atoms with E-state index in [1.807, 2.05) is 0 Å². The third kappa shape index (κ3) is 3.85. The number of likely N-dealkylation sites (tertiary alicyclic amines) is 1. The minimum Gasteiger partial charge on any atom is -0.381 e. The van der Waals surface area contributed by atoms with Crippen molar-refractivity contribution in [1.29, 1.82) is 0 Å². The molecule has 2 heterocycles. The van der Waals surface area contributed by atoms with E-state index in [9.17, 15) is 4.79 Å². The SMILES string of the molecule is O=C(NC1CCC1)NC1CCN(CC2CCOC2)CC1. The maximum absolute atomic E-state index is 11.8. The highest BCUT2D eigenvalue weighted by molar-refractivity contribution is 5.74. The molecule has 1 saturated carbocycles. The number of hydrogen-bond donors (Lipinski definition) is 2. The van der Waals surface area contributed by atoms with Crippen LogP contribution in [0.15, 0.2) is 0 Å². The summed E-state index contributed by atoms with van der Waals surface area (Å²) in [6.45, 7) is 5.24. The number of rotatable bonds is 4. The van der Waals surface area contributed by atoms with Crippen LogP contribution in [0.1, 0.15) is 38.5 Å². The van der Waals surface area contributed by atoms with Crippen LogP contribution in [0, 0.1) is 5.92 Å². The average Bonchev–Trinajstić information content (AvgIpc) is 2.89. The van der Waals surface area contributed by atoms with E-state index in [1.165, 1.54) is 19.4 Å². The normalized spacial score (nSPS) is 29.1. The van der Waals surface area contributed by atoms with Crippen LogP contribution < -0.4 is 10.6 Å². The van der Waals surface area contributed by atoms with Crippen molar-refractivity contribution < 1.29 is 9.53 Å². The monoisotopic (exact) mass is 281 g/mol. The summed E-state index contributed by atoms with van der Waals surface area (Å²) in [5.74, 6) is 0.724. The molecule has 2 aliphatic heterocycles. The molecule has 0 bridgehead atoms. The van der Waals surface area contributed by atoms with Gasteiger partial charge >= 0.3 is 6.03 Å². The fourth-order valence-electron chi connectivity index (χ4n) is 3.32. The highest BCUT2D eigenvalue weighted by atomic mass is 16.5. The molecule has 2 N–H and O–H groups in total. The molecule has 114 valence electrons. The van der Waals surface area contributed by atoms with Crippen molar-refractivity contribution in [2.45, 2.75) is 50.6 Å². The maximum atomic E-state index is 11.8. The van der Waals surface area contributed by atoms with Crippen LogP contribution in [0.2, 0.25) is 0 Å². The van der Waals surface area contributed by atoms with Gasteiger partial charge in [0.2, 0.25) is 0 Å². The Morgan fingerprint density at radius 3 is 2.30 bits per heavy atom. The number of carbonyl (C=O) groups excluding carboxylic acids is 1. The second-order valence-corrected chi connectivity index (χ2v) is 6.55. The van der Waals surface area contributed by atoms with Crippen molar-refractivity contribution in [3.05, 3.63) is 0 Å². The Balaban J connectivity index is 1.32. The number of nitrogens with zero attached hydrogens (tertiary/aromatic N) is 1. The Kier molecular flexibility index (Phi) is 4.78. The van der Waals surface area contributed by atoms with Crippen molar-refractivity contribution >= 4 is 6.03 Å². The Hall–Kier alpha value is -0.810. The molecule has 0 aromatic rings. The van der Waals surface area contributed by atoms with Gasteiger partial charge < -0.3 is 20.3 Å². The molecule has 3 aliphatic rings. The predicted molar refractivity (Wildman–Crippen MR) is 77.7 cm³/mol. The zero-order chi connectivity index (χ0) is 13.8. The molecule has 3 rings (SSSR count). The van der Waals surface area contributed by atoms with Crippen molar-refractivity contribution in [3.8, 4) is 0 Å². The van der Waals surface area contributed by atoms with Crippen molar-refractivity contribution in [3.63, 3.8) is 0 Å². The minimum atomic E-state index is 0.0392. The van der Waals surface area contributed by atoms with E-state index in [0.717, 1.165) is 57.9 Å². The smallest absolute Gasteiger partial charge is 0.315 e. The quantitative estimate of drug-likeness (QED) is 0.817. The summed E-state index contributed by atoms with van der Waals surface area (Å²) < 4.78 is 5.43. The lowest BCUT2D eigenvalue weighted by Crippen LogP contribution is -2.51. The number of hydrogen-bond acceptors (Lipinski definition) is 3. The van der Waals surface area contributed by atoms with Gasteiger partial charge in [-0.2, -0.15) is 0 Å². The first-order valence-corrected chi connectivity index (χ1v) is 8.17. The lowest BCUT2D eigenvalue weighted by atomic mass is 9.93. The third-order valence-corrected chi connectivity index (χ3v) is 4.90. The van der Waals surface area contributed by atoms with Gasteiger partial charge in [0.1, 0.15) is 0 Å². The first-order chi connectivity index (χ1) is 9.79. The summed E-state index contributed by atoms with van der Waals surface area (Å²) in [5.41, 5.74) is 0. The number of nitrogens with one attached hydrogen (secondary N) is 2. The number of ether oxygens (including phenoxy) is 1. The summed E-state index contributed by atoms with van der Waals surface area (Å²) in [6, 6.07) is 0.820. The predicted octanol–water partition coefficient (Wildman–Crippen LogP) is 1.34. The van der Waals surface area contributed by atoms with Gasteiger partial charge in [-0.25, -0.2) is 4.79 Å². The van der Waals surface area contributed by atoms with Crippen LogP contribution in [0.5, 0.6) is 0 Å². The van der Waals surface area contributed by atoms with Gasteiger partial charge in [-0.15, -0.1) is 0 Å². The Morgan fingerprint density at radius 1 is 1.05 bits per heavy atom. The Morgan fingerprint density at radius 2 is 1.75 bits per heavy atom. The summed E-state index contributed by atoms with van der Waals surface area (Å²) in [7, 11) is 0. The molecule has 20 heavy (non-hydrogen) atoms. The summed E-state index contributed by atoms with van der Waals surface area (Å²) in [5, 5.41) is 6.18. The fourth-order valence-corrected chi connectivity index (χ4v) is 3.32. The minimum absolute atomic E-state index is 0.0392. The largest absolute Gasteiger partial charge is 0.381 e. The van der Waals surface area contributed by atoms with E-state index in [1.54, 1.807) is 0 Å². The first-order valence-electron chi connectivity index (χ1n) is 8.17. The molecule has 1 unspecified atom stereocenters. The van der Waals surface area contributed by atoms with E-state index in [4.69, 9.17) is 4.74 Å². The topological polar surface area (TPSA) is 53.6 Å². The van der Waals surface area contributed by atoms with Crippen LogP contribution >= 0.6 is 0 Å². The van der Waals surface area contributed by atoms with Crippen LogP contribution in [-0.4, -0.2) is 55.9 Å². The van der Waals surface area contributed by atoms with Gasteiger partial charge in [0, 0.05) is 38.3 Å². The van der Waals surface area contributed by atoms with Crippen LogP contribution in [0.3, 0.4) is 0 Å². The molecule has 0 radical (unpaired) electrons. The molecule has 1 atom stereocenters. The maximum Gasteiger partial charge on any atom is 0.315 e. The lowest BCUT2D eigenvalue weighted by Gasteiger charge is -2.34. The number of urea groups is 1. The number of carbonyl (C=O) groups is 1. The van der Waals surface area contributed by atoms with Gasteiger partial charge in [-0.3, -0.25) is 0 Å². The van der Waals surface area contributed by atoms with Crippen molar-refractivity contribution in [2.75, 3.05) is 32.8 Å². The van der Waals surface area contributed by atoms with E-state index in [0.29, 0.717) is 12.1 Å². The zero-order valence-electron chi connectivity index (χ0n) is 12.3.